The zero-order chi connectivity index (χ0) is 16.3. The minimum absolute atomic E-state index is 0.00907. The predicted octanol–water partition coefficient (Wildman–Crippen LogP) is 3.27. The first-order chi connectivity index (χ1) is 10.2. The van der Waals surface area contributed by atoms with Gasteiger partial charge >= 0.3 is 0 Å². The Morgan fingerprint density at radius 3 is 2.33 bits per heavy atom. The van der Waals surface area contributed by atoms with Gasteiger partial charge in [-0.1, -0.05) is 64.3 Å². The molecule has 1 aromatic rings. The van der Waals surface area contributed by atoms with E-state index in [9.17, 15) is 4.79 Å². The van der Waals surface area contributed by atoms with Crippen molar-refractivity contribution in [2.45, 2.75) is 33.2 Å². The molecule has 3 nitrogen and oxygen atoms in total. The second kappa shape index (κ2) is 10.9. The van der Waals surface area contributed by atoms with E-state index in [-0.39, 0.29) is 11.9 Å². The molecule has 0 bridgehead atoms. The highest BCUT2D eigenvalue weighted by Crippen LogP contribution is 2.16. The maximum atomic E-state index is 11.8. The van der Waals surface area contributed by atoms with Crippen LogP contribution in [0.3, 0.4) is 0 Å². The Morgan fingerprint density at radius 1 is 1.24 bits per heavy atom. The van der Waals surface area contributed by atoms with Gasteiger partial charge in [0.15, 0.2) is 0 Å². The van der Waals surface area contributed by atoms with Crippen molar-refractivity contribution in [1.82, 2.24) is 10.6 Å². The summed E-state index contributed by atoms with van der Waals surface area (Å²) in [5.74, 6) is 0.00907. The SMILES string of the molecule is C=Cc1ccc(CC(NCC)C(=O)NC)cc1C=C.CC. The molecule has 0 saturated heterocycles. The monoisotopic (exact) mass is 288 g/mol. The van der Waals surface area contributed by atoms with E-state index >= 15 is 0 Å². The Hall–Kier alpha value is -1.87. The summed E-state index contributed by atoms with van der Waals surface area (Å²) in [6, 6.07) is 5.88. The van der Waals surface area contributed by atoms with Crippen molar-refractivity contribution in [3.8, 4) is 0 Å². The lowest BCUT2D eigenvalue weighted by Crippen LogP contribution is -2.44. The normalized spacial score (nSPS) is 10.9. The van der Waals surface area contributed by atoms with Crippen molar-refractivity contribution in [3.05, 3.63) is 48.0 Å². The maximum absolute atomic E-state index is 11.8. The van der Waals surface area contributed by atoms with Crippen LogP contribution < -0.4 is 10.6 Å². The lowest BCUT2D eigenvalue weighted by Gasteiger charge is -2.17. The Labute approximate surface area is 129 Å². The number of carbonyl (C=O) groups excluding carboxylic acids is 1. The van der Waals surface area contributed by atoms with E-state index in [0.717, 1.165) is 23.2 Å². The molecule has 0 fully saturated rings. The van der Waals surface area contributed by atoms with Crippen molar-refractivity contribution in [3.63, 3.8) is 0 Å². The van der Waals surface area contributed by atoms with Gasteiger partial charge in [0.25, 0.3) is 0 Å². The van der Waals surface area contributed by atoms with Gasteiger partial charge < -0.3 is 10.6 Å². The molecule has 1 amide bonds. The van der Waals surface area contributed by atoms with Gasteiger partial charge in [0.2, 0.25) is 5.91 Å². The molecule has 0 aliphatic heterocycles. The van der Waals surface area contributed by atoms with E-state index in [1.165, 1.54) is 0 Å². The van der Waals surface area contributed by atoms with Gasteiger partial charge in [-0.3, -0.25) is 4.79 Å². The molecule has 3 heteroatoms. The number of nitrogens with one attached hydrogen (secondary N) is 2. The Balaban J connectivity index is 0.00000191. The molecule has 116 valence electrons. The molecule has 1 rings (SSSR count). The predicted molar refractivity (Wildman–Crippen MR) is 93.2 cm³/mol. The van der Waals surface area contributed by atoms with Crippen LogP contribution in [0, 0.1) is 0 Å². The average molecular weight is 288 g/mol. The van der Waals surface area contributed by atoms with Gasteiger partial charge in [-0.15, -0.1) is 0 Å². The second-order valence-electron chi connectivity index (χ2n) is 4.30. The summed E-state index contributed by atoms with van der Waals surface area (Å²) in [7, 11) is 1.66. The molecule has 21 heavy (non-hydrogen) atoms. The first-order valence-corrected chi connectivity index (χ1v) is 7.49. The Bertz CT molecular complexity index is 466. The summed E-state index contributed by atoms with van der Waals surface area (Å²) in [5.41, 5.74) is 3.20. The molecule has 1 aromatic carbocycles. The van der Waals surface area contributed by atoms with Gasteiger partial charge in [-0.05, 0) is 29.7 Å². The average Bonchev–Trinajstić information content (AvgIpc) is 2.55. The molecule has 0 aliphatic rings. The molecule has 0 spiro atoms. The number of likely N-dealkylation sites (N-methyl/N-ethyl adjacent to an activating group) is 2. The number of hydrogen-bond donors (Lipinski definition) is 2. The Kier molecular flexibility index (Phi) is 9.90. The van der Waals surface area contributed by atoms with E-state index in [2.05, 4.69) is 29.9 Å². The van der Waals surface area contributed by atoms with Gasteiger partial charge in [0.1, 0.15) is 0 Å². The summed E-state index contributed by atoms with van der Waals surface area (Å²) in [5, 5.41) is 5.87. The Morgan fingerprint density at radius 2 is 1.86 bits per heavy atom. The lowest BCUT2D eigenvalue weighted by molar-refractivity contribution is -0.122. The van der Waals surface area contributed by atoms with Crippen LogP contribution in [0.15, 0.2) is 31.4 Å². The van der Waals surface area contributed by atoms with Crippen molar-refractivity contribution in [2.24, 2.45) is 0 Å². The van der Waals surface area contributed by atoms with Crippen LogP contribution in [0.25, 0.3) is 12.2 Å². The van der Waals surface area contributed by atoms with E-state index in [4.69, 9.17) is 0 Å². The van der Waals surface area contributed by atoms with Gasteiger partial charge in [-0.2, -0.15) is 0 Å². The fourth-order valence-electron chi connectivity index (χ4n) is 2.03. The molecule has 1 atom stereocenters. The van der Waals surface area contributed by atoms with Crippen LogP contribution in [0.1, 0.15) is 37.5 Å². The first kappa shape index (κ1) is 19.1. The maximum Gasteiger partial charge on any atom is 0.237 e. The van der Waals surface area contributed by atoms with Crippen LogP contribution >= 0.6 is 0 Å². The summed E-state index contributed by atoms with van der Waals surface area (Å²) >= 11 is 0. The highest BCUT2D eigenvalue weighted by Gasteiger charge is 2.16. The van der Waals surface area contributed by atoms with Gasteiger partial charge in [0.05, 0.1) is 6.04 Å². The standard InChI is InChI=1S/C16H22N2O.C2H6/c1-5-13-9-8-12(10-14(13)6-2)11-15(18-7-3)16(19)17-4;1-2/h5-6,8-10,15,18H,1-2,7,11H2,3-4H3,(H,17,19);1-2H3. The summed E-state index contributed by atoms with van der Waals surface area (Å²) in [4.78, 5) is 11.8. The smallest absolute Gasteiger partial charge is 0.237 e. The molecule has 0 heterocycles. The molecule has 0 aromatic heterocycles. The summed E-state index contributed by atoms with van der Waals surface area (Å²) in [6.45, 7) is 14.3. The van der Waals surface area contributed by atoms with Crippen molar-refractivity contribution in [1.29, 1.82) is 0 Å². The molecule has 2 N–H and O–H groups in total. The van der Waals surface area contributed by atoms with Crippen LogP contribution in [0.4, 0.5) is 0 Å². The third-order valence-electron chi connectivity index (χ3n) is 3.04. The largest absolute Gasteiger partial charge is 0.358 e. The zero-order valence-corrected chi connectivity index (χ0v) is 13.7. The van der Waals surface area contributed by atoms with Crippen molar-refractivity contribution in [2.75, 3.05) is 13.6 Å². The quantitative estimate of drug-likeness (QED) is 0.808. The number of hydrogen-bond acceptors (Lipinski definition) is 2. The minimum Gasteiger partial charge on any atom is -0.358 e. The third kappa shape index (κ3) is 5.96. The first-order valence-electron chi connectivity index (χ1n) is 7.49. The minimum atomic E-state index is -0.206. The van der Waals surface area contributed by atoms with Crippen molar-refractivity contribution < 1.29 is 4.79 Å². The number of benzene rings is 1. The van der Waals surface area contributed by atoms with E-state index in [1.54, 1.807) is 13.1 Å². The van der Waals surface area contributed by atoms with Crippen molar-refractivity contribution >= 4 is 18.1 Å². The van der Waals surface area contributed by atoms with E-state index < -0.39 is 0 Å². The fourth-order valence-corrected chi connectivity index (χ4v) is 2.03. The van der Waals surface area contributed by atoms with Crippen LogP contribution in [0.2, 0.25) is 0 Å². The number of amides is 1. The van der Waals surface area contributed by atoms with Crippen LogP contribution in [0.5, 0.6) is 0 Å². The van der Waals surface area contributed by atoms with Crippen LogP contribution in [-0.4, -0.2) is 25.5 Å². The fraction of sp³-hybridized carbons (Fsp3) is 0.389. The second-order valence-corrected chi connectivity index (χ2v) is 4.30. The highest BCUT2D eigenvalue weighted by molar-refractivity contribution is 5.81. The van der Waals surface area contributed by atoms with E-state index in [0.29, 0.717) is 6.42 Å². The van der Waals surface area contributed by atoms with E-state index in [1.807, 2.05) is 39.0 Å². The summed E-state index contributed by atoms with van der Waals surface area (Å²) in [6.07, 6.45) is 4.27. The third-order valence-corrected chi connectivity index (χ3v) is 3.04. The zero-order valence-electron chi connectivity index (χ0n) is 13.7. The molecule has 0 saturated carbocycles. The molecule has 0 radical (unpaired) electrons. The van der Waals surface area contributed by atoms with Gasteiger partial charge in [-0.25, -0.2) is 0 Å². The lowest BCUT2D eigenvalue weighted by atomic mass is 9.99. The molecular formula is C18H28N2O. The van der Waals surface area contributed by atoms with Gasteiger partial charge in [0, 0.05) is 7.05 Å². The highest BCUT2D eigenvalue weighted by atomic mass is 16.2. The summed E-state index contributed by atoms with van der Waals surface area (Å²) < 4.78 is 0. The topological polar surface area (TPSA) is 41.1 Å². The molecular weight excluding hydrogens is 260 g/mol. The molecule has 0 aliphatic carbocycles. The number of rotatable bonds is 7. The molecule has 1 unspecified atom stereocenters. The number of carbonyl (C=O) groups is 1. The van der Waals surface area contributed by atoms with Crippen LogP contribution in [-0.2, 0) is 11.2 Å².